The fraction of sp³-hybridized carbons (Fsp3) is 0.321. The van der Waals surface area contributed by atoms with E-state index in [-0.39, 0.29) is 17.7 Å². The van der Waals surface area contributed by atoms with Crippen LogP contribution in [0.2, 0.25) is 0 Å². The molecule has 1 aliphatic rings. The first-order valence-electron chi connectivity index (χ1n) is 11.6. The zero-order valence-electron chi connectivity index (χ0n) is 19.6. The van der Waals surface area contributed by atoms with Crippen LogP contribution in [-0.2, 0) is 17.6 Å². The fourth-order valence-corrected chi connectivity index (χ4v) is 4.88. The fourth-order valence-electron chi connectivity index (χ4n) is 4.88. The molecule has 2 unspecified atom stereocenters. The Morgan fingerprint density at radius 3 is 2.48 bits per heavy atom. The smallest absolute Gasteiger partial charge is 0.237 e. The molecule has 4 rings (SSSR count). The molecule has 0 aliphatic carbocycles. The molecule has 33 heavy (non-hydrogen) atoms. The lowest BCUT2D eigenvalue weighted by atomic mass is 9.92. The predicted molar refractivity (Wildman–Crippen MR) is 134 cm³/mol. The largest absolute Gasteiger partial charge is 0.506 e. The highest BCUT2D eigenvalue weighted by Crippen LogP contribution is 2.38. The van der Waals surface area contributed by atoms with Gasteiger partial charge in [-0.3, -0.25) is 4.79 Å². The number of anilines is 1. The Morgan fingerprint density at radius 1 is 1.09 bits per heavy atom. The molecular weight excluding hydrogens is 410 g/mol. The number of nitrogens with one attached hydrogen (secondary N) is 2. The summed E-state index contributed by atoms with van der Waals surface area (Å²) in [7, 11) is 0. The van der Waals surface area contributed by atoms with Gasteiger partial charge >= 0.3 is 0 Å². The number of benzene rings is 3. The Balaban J connectivity index is 1.52. The number of fused-ring (bicyclic) bond motifs is 1. The van der Waals surface area contributed by atoms with E-state index in [1.807, 2.05) is 18.2 Å². The van der Waals surface area contributed by atoms with Crippen molar-refractivity contribution in [2.45, 2.75) is 52.1 Å². The maximum Gasteiger partial charge on any atom is 0.237 e. The summed E-state index contributed by atoms with van der Waals surface area (Å²) in [5.74, 6) is 0.0489. The summed E-state index contributed by atoms with van der Waals surface area (Å²) in [5.41, 5.74) is 14.8. The number of aryl methyl sites for hydroxylation is 3. The Morgan fingerprint density at radius 2 is 1.79 bits per heavy atom. The van der Waals surface area contributed by atoms with E-state index in [1.165, 1.54) is 22.3 Å². The molecule has 1 heterocycles. The summed E-state index contributed by atoms with van der Waals surface area (Å²) in [5, 5.41) is 17.1. The van der Waals surface area contributed by atoms with Crippen molar-refractivity contribution in [3.8, 4) is 5.75 Å². The zero-order valence-corrected chi connectivity index (χ0v) is 19.6. The van der Waals surface area contributed by atoms with Gasteiger partial charge in [-0.1, -0.05) is 54.1 Å². The van der Waals surface area contributed by atoms with Crippen LogP contribution < -0.4 is 16.4 Å². The maximum absolute atomic E-state index is 13.1. The molecule has 0 saturated heterocycles. The van der Waals surface area contributed by atoms with Gasteiger partial charge in [-0.25, -0.2) is 0 Å². The average Bonchev–Trinajstić information content (AvgIpc) is 2.77. The summed E-state index contributed by atoms with van der Waals surface area (Å²) >= 11 is 0. The Bertz CT molecular complexity index is 1130. The summed E-state index contributed by atoms with van der Waals surface area (Å²) in [6, 6.07) is 17.5. The van der Waals surface area contributed by atoms with Crippen LogP contribution in [-0.4, -0.2) is 23.6 Å². The normalized spacial score (nSPS) is 15.9. The first-order valence-corrected chi connectivity index (χ1v) is 11.6. The standard InChI is InChI=1S/C28H33N3O2/c1-17-11-18(2)22(19(3)12-17)16-24(29)28(33)31-25-9-10-30-27-23(25)14-21(15-26(27)32)13-20-7-5-4-6-8-20/h4-8,11-12,14-15,24-25,30,32H,9-10,13,16,29H2,1-3H3,(H,31,33). The molecule has 0 aromatic heterocycles. The second kappa shape index (κ2) is 9.67. The minimum Gasteiger partial charge on any atom is -0.506 e. The van der Waals surface area contributed by atoms with E-state index in [2.05, 4.69) is 61.7 Å². The van der Waals surface area contributed by atoms with Gasteiger partial charge in [-0.15, -0.1) is 0 Å². The molecule has 5 heteroatoms. The number of rotatable bonds is 6. The van der Waals surface area contributed by atoms with Crippen molar-refractivity contribution in [3.63, 3.8) is 0 Å². The van der Waals surface area contributed by atoms with Crippen molar-refractivity contribution >= 4 is 11.6 Å². The van der Waals surface area contributed by atoms with Crippen LogP contribution in [0.1, 0.15) is 51.4 Å². The summed E-state index contributed by atoms with van der Waals surface area (Å²) in [6.07, 6.45) is 1.96. The van der Waals surface area contributed by atoms with Gasteiger partial charge in [0.1, 0.15) is 5.75 Å². The Kier molecular flexibility index (Phi) is 6.70. The van der Waals surface area contributed by atoms with E-state index in [0.717, 1.165) is 23.1 Å². The minimum absolute atomic E-state index is 0.167. The highest BCUT2D eigenvalue weighted by Gasteiger charge is 2.27. The van der Waals surface area contributed by atoms with Crippen molar-refractivity contribution in [1.82, 2.24) is 5.32 Å². The number of nitrogens with two attached hydrogens (primary N) is 1. The van der Waals surface area contributed by atoms with Crippen LogP contribution in [0, 0.1) is 20.8 Å². The van der Waals surface area contributed by atoms with E-state index in [4.69, 9.17) is 5.73 Å². The third-order valence-corrected chi connectivity index (χ3v) is 6.49. The Labute approximate surface area is 196 Å². The number of carbonyl (C=O) groups is 1. The van der Waals surface area contributed by atoms with Gasteiger partial charge in [0, 0.05) is 12.1 Å². The molecule has 0 radical (unpaired) electrons. The van der Waals surface area contributed by atoms with E-state index in [0.29, 0.717) is 25.1 Å². The maximum atomic E-state index is 13.1. The molecule has 1 aliphatic heterocycles. The van der Waals surface area contributed by atoms with Crippen LogP contribution in [0.4, 0.5) is 5.69 Å². The molecule has 0 saturated carbocycles. The highest BCUT2D eigenvalue weighted by atomic mass is 16.3. The molecule has 1 amide bonds. The summed E-state index contributed by atoms with van der Waals surface area (Å²) < 4.78 is 0. The van der Waals surface area contributed by atoms with E-state index < -0.39 is 6.04 Å². The molecular formula is C28H33N3O2. The van der Waals surface area contributed by atoms with Crippen LogP contribution in [0.5, 0.6) is 5.75 Å². The van der Waals surface area contributed by atoms with Gasteiger partial charge in [0.15, 0.2) is 0 Å². The van der Waals surface area contributed by atoms with E-state index >= 15 is 0 Å². The van der Waals surface area contributed by atoms with Gasteiger partial charge in [0.2, 0.25) is 5.91 Å². The number of phenolic OH excluding ortho intramolecular Hbond substituents is 1. The lowest BCUT2D eigenvalue weighted by Gasteiger charge is -2.30. The predicted octanol–water partition coefficient (Wildman–Crippen LogP) is 4.45. The first kappa shape index (κ1) is 22.9. The highest BCUT2D eigenvalue weighted by molar-refractivity contribution is 5.83. The monoisotopic (exact) mass is 443 g/mol. The number of hydrogen-bond donors (Lipinski definition) is 4. The van der Waals surface area contributed by atoms with Crippen molar-refractivity contribution in [2.75, 3.05) is 11.9 Å². The molecule has 0 fully saturated rings. The quantitative estimate of drug-likeness (QED) is 0.424. The SMILES string of the molecule is Cc1cc(C)c(CC(N)C(=O)NC2CCNc3c(O)cc(Cc4ccccc4)cc32)c(C)c1. The molecule has 3 aromatic rings. The third kappa shape index (κ3) is 5.20. The van der Waals surface area contributed by atoms with Crippen molar-refractivity contribution in [2.24, 2.45) is 5.73 Å². The number of carbonyl (C=O) groups excluding carboxylic acids is 1. The number of phenols is 1. The zero-order chi connectivity index (χ0) is 23.5. The van der Waals surface area contributed by atoms with Gasteiger partial charge < -0.3 is 21.5 Å². The molecule has 172 valence electrons. The van der Waals surface area contributed by atoms with Crippen LogP contribution >= 0.6 is 0 Å². The van der Waals surface area contributed by atoms with Gasteiger partial charge in [-0.05, 0) is 73.9 Å². The molecule has 0 bridgehead atoms. The first-order chi connectivity index (χ1) is 15.8. The van der Waals surface area contributed by atoms with Gasteiger partial charge in [0.25, 0.3) is 0 Å². The molecule has 3 aromatic carbocycles. The lowest BCUT2D eigenvalue weighted by Crippen LogP contribution is -2.44. The molecule has 5 nitrogen and oxygen atoms in total. The topological polar surface area (TPSA) is 87.4 Å². The van der Waals surface area contributed by atoms with E-state index in [9.17, 15) is 9.90 Å². The number of amides is 1. The van der Waals surface area contributed by atoms with Crippen molar-refractivity contribution in [1.29, 1.82) is 0 Å². The molecule has 0 spiro atoms. The van der Waals surface area contributed by atoms with Crippen LogP contribution in [0.25, 0.3) is 0 Å². The Hall–Kier alpha value is -3.31. The molecule has 2 atom stereocenters. The lowest BCUT2D eigenvalue weighted by molar-refractivity contribution is -0.123. The second-order valence-corrected chi connectivity index (χ2v) is 9.21. The van der Waals surface area contributed by atoms with Crippen molar-refractivity contribution in [3.05, 3.63) is 93.5 Å². The van der Waals surface area contributed by atoms with Gasteiger partial charge in [-0.2, -0.15) is 0 Å². The third-order valence-electron chi connectivity index (χ3n) is 6.49. The number of hydrogen-bond acceptors (Lipinski definition) is 4. The van der Waals surface area contributed by atoms with Gasteiger partial charge in [0.05, 0.1) is 17.8 Å². The average molecular weight is 444 g/mol. The van der Waals surface area contributed by atoms with E-state index in [1.54, 1.807) is 6.07 Å². The van der Waals surface area contributed by atoms with Crippen LogP contribution in [0.15, 0.2) is 54.6 Å². The summed E-state index contributed by atoms with van der Waals surface area (Å²) in [6.45, 7) is 6.89. The molecule has 5 N–H and O–H groups in total. The number of aromatic hydroxyl groups is 1. The second-order valence-electron chi connectivity index (χ2n) is 9.21. The van der Waals surface area contributed by atoms with Crippen molar-refractivity contribution < 1.29 is 9.90 Å². The minimum atomic E-state index is -0.635. The van der Waals surface area contributed by atoms with Crippen LogP contribution in [0.3, 0.4) is 0 Å². The summed E-state index contributed by atoms with van der Waals surface area (Å²) in [4.78, 5) is 13.1.